The Balaban J connectivity index is 1.80. The van der Waals surface area contributed by atoms with Crippen molar-refractivity contribution < 1.29 is 14.3 Å². The van der Waals surface area contributed by atoms with Gasteiger partial charge in [-0.25, -0.2) is 9.48 Å². The molecule has 7 nitrogen and oxygen atoms in total. The normalized spacial score (nSPS) is 10.8. The van der Waals surface area contributed by atoms with Crippen molar-refractivity contribution in [3.8, 4) is 5.69 Å². The number of aryl methyl sites for hydroxylation is 1. The Bertz CT molecular complexity index is 1080. The molecule has 0 aliphatic rings. The Labute approximate surface area is 192 Å². The lowest BCUT2D eigenvalue weighted by Crippen LogP contribution is -2.21. The van der Waals surface area contributed by atoms with E-state index in [4.69, 9.17) is 16.3 Å². The summed E-state index contributed by atoms with van der Waals surface area (Å²) in [6.07, 6.45) is 0.868. The molecule has 0 bridgehead atoms. The molecule has 0 unspecified atom stereocenters. The average molecular weight is 455 g/mol. The molecule has 0 spiro atoms. The van der Waals surface area contributed by atoms with Crippen molar-refractivity contribution in [2.75, 3.05) is 17.2 Å². The first-order valence-electron chi connectivity index (χ1n) is 10.5. The highest BCUT2D eigenvalue weighted by molar-refractivity contribution is 6.30. The summed E-state index contributed by atoms with van der Waals surface area (Å²) in [7, 11) is 0. The molecule has 1 aromatic heterocycles. The summed E-state index contributed by atoms with van der Waals surface area (Å²) in [4.78, 5) is 24.3. The minimum absolute atomic E-state index is 0.183. The van der Waals surface area contributed by atoms with Crippen molar-refractivity contribution >= 4 is 35.1 Å². The predicted molar refractivity (Wildman–Crippen MR) is 127 cm³/mol. The number of hydrogen-bond acceptors (Lipinski definition) is 4. The van der Waals surface area contributed by atoms with Crippen molar-refractivity contribution in [2.45, 2.75) is 39.5 Å². The fourth-order valence-electron chi connectivity index (χ4n) is 3.10. The number of nitrogens with one attached hydrogen (secondary N) is 2. The van der Waals surface area contributed by atoms with Gasteiger partial charge in [-0.05, 0) is 61.2 Å². The molecule has 8 heteroatoms. The van der Waals surface area contributed by atoms with Crippen LogP contribution in [-0.2, 0) is 16.0 Å². The standard InChI is InChI=1S/C24H27ClN4O3/c1-4-32-23(30)13-8-17-6-5-7-20(14-17)29-22(15-21(28-29)16(2)3)27-24(31)26-19-11-9-18(25)10-12-19/h5-7,9-12,14-16H,4,8,13H2,1-3H3,(H2,26,27,31). The Morgan fingerprint density at radius 1 is 1.09 bits per heavy atom. The van der Waals surface area contributed by atoms with E-state index < -0.39 is 0 Å². The first kappa shape index (κ1) is 23.3. The molecule has 1 heterocycles. The van der Waals surface area contributed by atoms with Crippen LogP contribution in [0.4, 0.5) is 16.3 Å². The van der Waals surface area contributed by atoms with E-state index in [1.165, 1.54) is 0 Å². The number of urea groups is 1. The number of amides is 2. The summed E-state index contributed by atoms with van der Waals surface area (Å²) in [5, 5.41) is 10.9. The third-order valence-corrected chi connectivity index (χ3v) is 4.99. The molecular weight excluding hydrogens is 428 g/mol. The fraction of sp³-hybridized carbons (Fsp3) is 0.292. The highest BCUT2D eigenvalue weighted by Gasteiger charge is 2.15. The molecule has 3 aromatic rings. The quantitative estimate of drug-likeness (QED) is 0.422. The minimum atomic E-state index is -0.387. The van der Waals surface area contributed by atoms with Gasteiger partial charge in [-0.2, -0.15) is 5.10 Å². The smallest absolute Gasteiger partial charge is 0.324 e. The number of esters is 1. The van der Waals surface area contributed by atoms with Crippen LogP contribution in [-0.4, -0.2) is 28.4 Å². The summed E-state index contributed by atoms with van der Waals surface area (Å²) in [6, 6.07) is 16.1. The summed E-state index contributed by atoms with van der Waals surface area (Å²) in [5.74, 6) is 0.506. The van der Waals surface area contributed by atoms with Gasteiger partial charge in [0, 0.05) is 23.2 Å². The molecule has 2 aromatic carbocycles. The van der Waals surface area contributed by atoms with Crippen molar-refractivity contribution in [2.24, 2.45) is 0 Å². The second kappa shape index (κ2) is 10.8. The number of rotatable bonds is 8. The van der Waals surface area contributed by atoms with Gasteiger partial charge >= 0.3 is 12.0 Å². The largest absolute Gasteiger partial charge is 0.466 e. The van der Waals surface area contributed by atoms with Crippen LogP contribution in [0, 0.1) is 0 Å². The van der Waals surface area contributed by atoms with Gasteiger partial charge < -0.3 is 10.1 Å². The van der Waals surface area contributed by atoms with Gasteiger partial charge in [0.15, 0.2) is 0 Å². The molecular formula is C24H27ClN4O3. The summed E-state index contributed by atoms with van der Waals surface area (Å²) in [5.41, 5.74) is 3.25. The minimum Gasteiger partial charge on any atom is -0.466 e. The molecule has 0 aliphatic carbocycles. The Hall–Kier alpha value is -3.32. The van der Waals surface area contributed by atoms with Crippen LogP contribution in [0.3, 0.4) is 0 Å². The van der Waals surface area contributed by atoms with Gasteiger partial charge in [0.05, 0.1) is 18.0 Å². The maximum Gasteiger partial charge on any atom is 0.324 e. The van der Waals surface area contributed by atoms with E-state index in [0.717, 1.165) is 16.9 Å². The summed E-state index contributed by atoms with van der Waals surface area (Å²) in [6.45, 7) is 6.25. The van der Waals surface area contributed by atoms with E-state index in [2.05, 4.69) is 15.7 Å². The number of anilines is 2. The number of benzene rings is 2. The van der Waals surface area contributed by atoms with Crippen molar-refractivity contribution in [3.63, 3.8) is 0 Å². The lowest BCUT2D eigenvalue weighted by Gasteiger charge is -2.11. The number of nitrogens with zero attached hydrogens (tertiary/aromatic N) is 2. The lowest BCUT2D eigenvalue weighted by molar-refractivity contribution is -0.143. The van der Waals surface area contributed by atoms with Gasteiger partial charge in [-0.3, -0.25) is 10.1 Å². The molecule has 2 amide bonds. The van der Waals surface area contributed by atoms with Crippen LogP contribution in [0.1, 0.15) is 44.4 Å². The number of aromatic nitrogens is 2. The van der Waals surface area contributed by atoms with E-state index in [0.29, 0.717) is 36.0 Å². The fourth-order valence-corrected chi connectivity index (χ4v) is 3.23. The van der Waals surface area contributed by atoms with Crippen LogP contribution in [0.25, 0.3) is 5.69 Å². The molecule has 0 aliphatic heterocycles. The van der Waals surface area contributed by atoms with Crippen molar-refractivity contribution in [3.05, 3.63) is 70.9 Å². The zero-order chi connectivity index (χ0) is 23.1. The molecule has 0 saturated carbocycles. The van der Waals surface area contributed by atoms with Crippen molar-refractivity contribution in [1.82, 2.24) is 9.78 Å². The van der Waals surface area contributed by atoms with E-state index in [1.807, 2.05) is 44.2 Å². The van der Waals surface area contributed by atoms with Crippen LogP contribution in [0.15, 0.2) is 54.6 Å². The zero-order valence-corrected chi connectivity index (χ0v) is 19.1. The van der Waals surface area contributed by atoms with E-state index in [1.54, 1.807) is 35.9 Å². The van der Waals surface area contributed by atoms with Gasteiger partial charge in [0.1, 0.15) is 5.82 Å². The molecule has 0 fully saturated rings. The zero-order valence-electron chi connectivity index (χ0n) is 18.4. The molecule has 0 saturated heterocycles. The number of carbonyl (C=O) groups excluding carboxylic acids is 2. The summed E-state index contributed by atoms with van der Waals surface area (Å²) < 4.78 is 6.71. The number of ether oxygens (including phenoxy) is 1. The maximum atomic E-state index is 12.6. The van der Waals surface area contributed by atoms with E-state index in [9.17, 15) is 9.59 Å². The number of carbonyl (C=O) groups is 2. The Morgan fingerprint density at radius 2 is 1.84 bits per heavy atom. The van der Waals surface area contributed by atoms with Gasteiger partial charge in [-0.1, -0.05) is 37.6 Å². The van der Waals surface area contributed by atoms with Gasteiger partial charge in [0.2, 0.25) is 0 Å². The highest BCUT2D eigenvalue weighted by atomic mass is 35.5. The summed E-state index contributed by atoms with van der Waals surface area (Å²) >= 11 is 5.90. The molecule has 2 N–H and O–H groups in total. The van der Waals surface area contributed by atoms with E-state index in [-0.39, 0.29) is 17.9 Å². The van der Waals surface area contributed by atoms with Gasteiger partial charge in [0.25, 0.3) is 0 Å². The maximum absolute atomic E-state index is 12.6. The van der Waals surface area contributed by atoms with Crippen molar-refractivity contribution in [1.29, 1.82) is 0 Å². The average Bonchev–Trinajstić information content (AvgIpc) is 3.18. The van der Waals surface area contributed by atoms with Crippen LogP contribution in [0.2, 0.25) is 5.02 Å². The Morgan fingerprint density at radius 3 is 2.53 bits per heavy atom. The number of hydrogen-bond donors (Lipinski definition) is 2. The molecule has 3 rings (SSSR count). The molecule has 0 atom stereocenters. The third-order valence-electron chi connectivity index (χ3n) is 4.74. The molecule has 0 radical (unpaired) electrons. The molecule has 32 heavy (non-hydrogen) atoms. The van der Waals surface area contributed by atoms with E-state index >= 15 is 0 Å². The number of halogens is 1. The predicted octanol–water partition coefficient (Wildman–Crippen LogP) is 5.79. The second-order valence-electron chi connectivity index (χ2n) is 7.58. The SMILES string of the molecule is CCOC(=O)CCc1cccc(-n2nc(C(C)C)cc2NC(=O)Nc2ccc(Cl)cc2)c1. The highest BCUT2D eigenvalue weighted by Crippen LogP contribution is 2.23. The first-order valence-corrected chi connectivity index (χ1v) is 10.9. The topological polar surface area (TPSA) is 85.2 Å². The van der Waals surface area contributed by atoms with Gasteiger partial charge in [-0.15, -0.1) is 0 Å². The molecule has 168 valence electrons. The van der Waals surface area contributed by atoms with Crippen LogP contribution >= 0.6 is 11.6 Å². The van der Waals surface area contributed by atoms with Crippen LogP contribution in [0.5, 0.6) is 0 Å². The second-order valence-corrected chi connectivity index (χ2v) is 8.02. The lowest BCUT2D eigenvalue weighted by atomic mass is 10.1. The monoisotopic (exact) mass is 454 g/mol. The Kier molecular flexibility index (Phi) is 7.89. The first-order chi connectivity index (χ1) is 15.4. The third kappa shape index (κ3) is 6.34. The van der Waals surface area contributed by atoms with Crippen LogP contribution < -0.4 is 10.6 Å².